The quantitative estimate of drug-likeness (QED) is 0.540. The maximum Gasteiger partial charge on any atom is 0.274 e. The van der Waals surface area contributed by atoms with E-state index in [0.29, 0.717) is 12.6 Å². The summed E-state index contributed by atoms with van der Waals surface area (Å²) in [4.78, 5) is 40.4. The average molecular weight is 496 g/mol. The Balaban J connectivity index is 1.82. The number of rotatable bonds is 6. The highest BCUT2D eigenvalue weighted by Gasteiger charge is 2.45. The number of nitrogens with one attached hydrogen (secondary N) is 2. The van der Waals surface area contributed by atoms with Crippen molar-refractivity contribution >= 4 is 21.8 Å². The van der Waals surface area contributed by atoms with Crippen molar-refractivity contribution in [1.29, 1.82) is 0 Å². The van der Waals surface area contributed by atoms with E-state index >= 15 is 0 Å². The van der Waals surface area contributed by atoms with Crippen molar-refractivity contribution in [3.63, 3.8) is 0 Å². The largest absolute Gasteiger partial charge is 0.503 e. The van der Waals surface area contributed by atoms with E-state index in [1.54, 1.807) is 6.92 Å². The summed E-state index contributed by atoms with van der Waals surface area (Å²) in [6.07, 6.45) is 1.06. The minimum Gasteiger partial charge on any atom is -0.503 e. The van der Waals surface area contributed by atoms with E-state index in [0.717, 1.165) is 18.4 Å². The van der Waals surface area contributed by atoms with Gasteiger partial charge in [-0.15, -0.1) is 0 Å². The highest BCUT2D eigenvalue weighted by molar-refractivity contribution is 7.88. The van der Waals surface area contributed by atoms with Gasteiger partial charge in [0, 0.05) is 31.3 Å². The van der Waals surface area contributed by atoms with E-state index < -0.39 is 68.8 Å². The first kappa shape index (κ1) is 23.8. The molecule has 4 rings (SSSR count). The molecule has 0 saturated heterocycles. The molecule has 0 bridgehead atoms. The van der Waals surface area contributed by atoms with Crippen LogP contribution in [0.1, 0.15) is 57.5 Å². The summed E-state index contributed by atoms with van der Waals surface area (Å²) in [7, 11) is -3.78. The number of halogens is 2. The van der Waals surface area contributed by atoms with E-state index in [-0.39, 0.29) is 29.9 Å². The highest BCUT2D eigenvalue weighted by atomic mass is 32.2. The smallest absolute Gasteiger partial charge is 0.274 e. The molecule has 3 N–H and O–H groups in total. The Morgan fingerprint density at radius 1 is 1.26 bits per heavy atom. The van der Waals surface area contributed by atoms with Crippen LogP contribution in [0.3, 0.4) is 0 Å². The Hall–Kier alpha value is -3.32. The molecule has 0 saturated carbocycles. The van der Waals surface area contributed by atoms with Crippen LogP contribution in [-0.4, -0.2) is 54.2 Å². The molecule has 2 atom stereocenters. The number of hydrogen-bond donors (Lipinski definition) is 3. The predicted molar refractivity (Wildman–Crippen MR) is 116 cm³/mol. The van der Waals surface area contributed by atoms with E-state index in [1.165, 1.54) is 9.47 Å². The van der Waals surface area contributed by atoms with Gasteiger partial charge in [-0.3, -0.25) is 14.4 Å². The van der Waals surface area contributed by atoms with Crippen LogP contribution in [0, 0.1) is 11.6 Å². The van der Waals surface area contributed by atoms with Gasteiger partial charge in [0.05, 0.1) is 24.0 Å². The second-order valence-corrected chi connectivity index (χ2v) is 10.0. The number of aromatic hydroxyl groups is 1. The zero-order valence-corrected chi connectivity index (χ0v) is 19.1. The standard InChI is InChI=1S/C21H22F2N4O6S/c1-3-26-9-12-7-14(25-34(2,32)33)16-15(18(28)19(29)17(21(26)31)27(12)16)20(30)24-8-10-4-5-11(22)6-13(10)23/h4-6,12,14,25,29H,3,7-9H2,1-2H3,(H,24,30)/t12-,14+/m0/s1. The lowest BCUT2D eigenvalue weighted by Gasteiger charge is -2.33. The third-order valence-electron chi connectivity index (χ3n) is 5.97. The van der Waals surface area contributed by atoms with Crippen molar-refractivity contribution in [1.82, 2.24) is 19.5 Å². The fraction of sp³-hybridized carbons (Fsp3) is 0.381. The van der Waals surface area contributed by atoms with Gasteiger partial charge in [-0.25, -0.2) is 21.9 Å². The number of benzene rings is 1. The summed E-state index contributed by atoms with van der Waals surface area (Å²) < 4.78 is 54.8. The van der Waals surface area contributed by atoms with Crippen molar-refractivity contribution in [3.05, 3.63) is 62.6 Å². The molecule has 10 nitrogen and oxygen atoms in total. The molecule has 2 aliphatic heterocycles. The van der Waals surface area contributed by atoms with Crippen LogP contribution in [0.2, 0.25) is 0 Å². The monoisotopic (exact) mass is 496 g/mol. The Bertz CT molecular complexity index is 1370. The Morgan fingerprint density at radius 2 is 1.97 bits per heavy atom. The van der Waals surface area contributed by atoms with Crippen LogP contribution in [-0.2, 0) is 16.6 Å². The van der Waals surface area contributed by atoms with Crippen molar-refractivity contribution in [2.24, 2.45) is 0 Å². The van der Waals surface area contributed by atoms with Crippen molar-refractivity contribution in [2.75, 3.05) is 19.3 Å². The van der Waals surface area contributed by atoms with Gasteiger partial charge in [-0.05, 0) is 19.4 Å². The van der Waals surface area contributed by atoms with Crippen LogP contribution >= 0.6 is 0 Å². The number of nitrogens with zero attached hydrogens (tertiary/aromatic N) is 2. The number of sulfonamides is 1. The van der Waals surface area contributed by atoms with E-state index in [1.807, 2.05) is 0 Å². The molecule has 0 fully saturated rings. The SMILES string of the molecule is CCN1C[C@@H]2C[C@@H](NS(C)(=O)=O)c3c(C(=O)NCc4ccc(F)cc4F)c(=O)c(O)c(n32)C1=O. The van der Waals surface area contributed by atoms with Gasteiger partial charge in [-0.1, -0.05) is 6.07 Å². The van der Waals surface area contributed by atoms with Crippen molar-refractivity contribution in [3.8, 4) is 5.75 Å². The number of pyridine rings is 1. The topological polar surface area (TPSA) is 138 Å². The van der Waals surface area contributed by atoms with Gasteiger partial charge in [0.1, 0.15) is 17.2 Å². The van der Waals surface area contributed by atoms with Crippen LogP contribution in [0.5, 0.6) is 5.75 Å². The first-order chi connectivity index (χ1) is 15.9. The normalized spacial score (nSPS) is 19.3. The Morgan fingerprint density at radius 3 is 2.59 bits per heavy atom. The van der Waals surface area contributed by atoms with Crippen LogP contribution < -0.4 is 15.5 Å². The molecule has 1 aromatic carbocycles. The maximum absolute atomic E-state index is 14.0. The number of amides is 2. The summed E-state index contributed by atoms with van der Waals surface area (Å²) in [5.74, 6) is -4.24. The third kappa shape index (κ3) is 4.05. The molecular formula is C21H22F2N4O6S. The molecule has 2 aliphatic rings. The molecular weight excluding hydrogens is 474 g/mol. The van der Waals surface area contributed by atoms with Gasteiger partial charge in [0.15, 0.2) is 11.4 Å². The van der Waals surface area contributed by atoms with Crippen LogP contribution in [0.15, 0.2) is 23.0 Å². The summed E-state index contributed by atoms with van der Waals surface area (Å²) in [5, 5.41) is 13.0. The van der Waals surface area contributed by atoms with Gasteiger partial charge >= 0.3 is 0 Å². The van der Waals surface area contributed by atoms with Gasteiger partial charge < -0.3 is 19.9 Å². The zero-order valence-electron chi connectivity index (χ0n) is 18.3. The van der Waals surface area contributed by atoms with E-state index in [9.17, 15) is 36.7 Å². The average Bonchev–Trinajstić information content (AvgIpc) is 3.07. The lowest BCUT2D eigenvalue weighted by molar-refractivity contribution is 0.0675. The number of carbonyl (C=O) groups excluding carboxylic acids is 2. The minimum atomic E-state index is -3.78. The lowest BCUT2D eigenvalue weighted by atomic mass is 10.0. The Labute approximate surface area is 193 Å². The second kappa shape index (κ2) is 8.47. The molecule has 0 radical (unpaired) electrons. The van der Waals surface area contributed by atoms with Gasteiger partial charge in [0.25, 0.3) is 11.8 Å². The molecule has 182 valence electrons. The maximum atomic E-state index is 14.0. The predicted octanol–water partition coefficient (Wildman–Crippen LogP) is 0.773. The van der Waals surface area contributed by atoms with Gasteiger partial charge in [-0.2, -0.15) is 0 Å². The molecule has 1 aromatic heterocycles. The number of carbonyl (C=O) groups is 2. The lowest BCUT2D eigenvalue weighted by Crippen LogP contribution is -2.44. The summed E-state index contributed by atoms with van der Waals surface area (Å²) >= 11 is 0. The number of likely N-dealkylation sites (N-methyl/N-ethyl adjacent to an activating group) is 1. The summed E-state index contributed by atoms with van der Waals surface area (Å²) in [6.45, 7) is 1.82. The number of aromatic nitrogens is 1. The molecule has 0 unspecified atom stereocenters. The van der Waals surface area contributed by atoms with E-state index in [2.05, 4.69) is 10.0 Å². The zero-order chi connectivity index (χ0) is 24.9. The molecule has 2 aromatic rings. The fourth-order valence-corrected chi connectivity index (χ4v) is 5.26. The second-order valence-electron chi connectivity index (χ2n) is 8.25. The number of hydrogen-bond acceptors (Lipinski definition) is 6. The fourth-order valence-electron chi connectivity index (χ4n) is 4.54. The third-order valence-corrected chi connectivity index (χ3v) is 6.68. The highest BCUT2D eigenvalue weighted by Crippen LogP contribution is 2.42. The van der Waals surface area contributed by atoms with Crippen LogP contribution in [0.25, 0.3) is 0 Å². The molecule has 13 heteroatoms. The first-order valence-electron chi connectivity index (χ1n) is 10.4. The van der Waals surface area contributed by atoms with Crippen molar-refractivity contribution in [2.45, 2.75) is 32.0 Å². The van der Waals surface area contributed by atoms with Gasteiger partial charge in [0.2, 0.25) is 15.5 Å². The summed E-state index contributed by atoms with van der Waals surface area (Å²) in [6, 6.07) is 1.27. The van der Waals surface area contributed by atoms with Crippen molar-refractivity contribution < 1.29 is 31.9 Å². The van der Waals surface area contributed by atoms with E-state index in [4.69, 9.17) is 0 Å². The molecule has 0 spiro atoms. The Kier molecular flexibility index (Phi) is 5.94. The molecule has 2 amide bonds. The minimum absolute atomic E-state index is 0.0468. The molecule has 3 heterocycles. The van der Waals surface area contributed by atoms with Crippen LogP contribution in [0.4, 0.5) is 8.78 Å². The first-order valence-corrected chi connectivity index (χ1v) is 12.3. The summed E-state index contributed by atoms with van der Waals surface area (Å²) in [5.41, 5.74) is -2.10. The molecule has 34 heavy (non-hydrogen) atoms. The molecule has 0 aliphatic carbocycles.